The Morgan fingerprint density at radius 2 is 1.89 bits per heavy atom. The zero-order chi connectivity index (χ0) is 19.6. The Morgan fingerprint density at radius 1 is 1.14 bits per heavy atom. The van der Waals surface area contributed by atoms with Crippen molar-refractivity contribution in [3.8, 4) is 0 Å². The van der Waals surface area contributed by atoms with Gasteiger partial charge in [-0.3, -0.25) is 9.59 Å². The van der Waals surface area contributed by atoms with Crippen LogP contribution in [0.2, 0.25) is 0 Å². The molecular weight excluding hydrogens is 355 g/mol. The average molecular weight is 380 g/mol. The fourth-order valence-corrected chi connectivity index (χ4v) is 5.91. The smallest absolute Gasteiger partial charge is 0.242 e. The molecule has 2 fully saturated rings. The Kier molecular flexibility index (Phi) is 3.97. The minimum Gasteiger partial charge on any atom is -0.362 e. The van der Waals surface area contributed by atoms with Crippen LogP contribution in [0.3, 0.4) is 0 Å². The minimum atomic E-state index is -0.422. The quantitative estimate of drug-likeness (QED) is 0.771. The fourth-order valence-electron chi connectivity index (χ4n) is 5.91. The van der Waals surface area contributed by atoms with Crippen LogP contribution in [0.5, 0.6) is 0 Å². The summed E-state index contributed by atoms with van der Waals surface area (Å²) >= 11 is 0. The van der Waals surface area contributed by atoms with Crippen LogP contribution in [0.15, 0.2) is 30.3 Å². The molecule has 2 amide bonds. The third kappa shape index (κ3) is 2.41. The predicted molar refractivity (Wildman–Crippen MR) is 105 cm³/mol. The van der Waals surface area contributed by atoms with E-state index in [9.17, 15) is 14.0 Å². The summed E-state index contributed by atoms with van der Waals surface area (Å²) in [5, 5.41) is 0. The highest BCUT2D eigenvalue weighted by atomic mass is 19.1. The van der Waals surface area contributed by atoms with Crippen molar-refractivity contribution < 1.29 is 14.0 Å². The second-order valence-electron chi connectivity index (χ2n) is 8.67. The highest BCUT2D eigenvalue weighted by Gasteiger charge is 2.58. The Labute approximate surface area is 164 Å². The number of anilines is 1. The largest absolute Gasteiger partial charge is 0.362 e. The molecule has 1 unspecified atom stereocenters. The lowest BCUT2D eigenvalue weighted by Crippen LogP contribution is -2.39. The second-order valence-corrected chi connectivity index (χ2v) is 8.67. The Morgan fingerprint density at radius 3 is 2.61 bits per heavy atom. The van der Waals surface area contributed by atoms with Gasteiger partial charge in [-0.05, 0) is 73.9 Å². The first-order valence-corrected chi connectivity index (χ1v) is 10.3. The van der Waals surface area contributed by atoms with Crippen molar-refractivity contribution in [1.29, 1.82) is 0 Å². The predicted octanol–water partition coefficient (Wildman–Crippen LogP) is 4.66. The van der Waals surface area contributed by atoms with Gasteiger partial charge in [-0.2, -0.15) is 0 Å². The van der Waals surface area contributed by atoms with Crippen molar-refractivity contribution in [1.82, 2.24) is 4.98 Å². The van der Waals surface area contributed by atoms with E-state index in [2.05, 4.69) is 18.0 Å². The zero-order valence-electron chi connectivity index (χ0n) is 16.2. The number of nitrogens with zero attached hydrogens (tertiary/aromatic N) is 1. The number of benzene rings is 1. The van der Waals surface area contributed by atoms with E-state index in [1.807, 2.05) is 6.92 Å². The minimum absolute atomic E-state index is 0.113. The van der Waals surface area contributed by atoms with Crippen LogP contribution >= 0.6 is 0 Å². The van der Waals surface area contributed by atoms with E-state index in [0.29, 0.717) is 17.5 Å². The number of carbonyl (C=O) groups excluding carboxylic acids is 2. The topological polar surface area (TPSA) is 53.2 Å². The molecule has 1 saturated carbocycles. The molecular formula is C23H25FN2O2. The molecule has 1 aromatic heterocycles. The molecule has 5 heteroatoms. The van der Waals surface area contributed by atoms with E-state index < -0.39 is 5.92 Å². The van der Waals surface area contributed by atoms with Gasteiger partial charge in [-0.25, -0.2) is 9.29 Å². The lowest BCUT2D eigenvalue weighted by Gasteiger charge is -2.43. The molecule has 5 atom stereocenters. The Hall–Kier alpha value is -2.43. The highest BCUT2D eigenvalue weighted by molar-refractivity contribution is 6.24. The maximum atomic E-state index is 13.5. The molecule has 146 valence electrons. The number of hydrogen-bond acceptors (Lipinski definition) is 2. The van der Waals surface area contributed by atoms with Crippen molar-refractivity contribution in [3.05, 3.63) is 53.1 Å². The SMILES string of the molecule is CCC1CC[C@@H]2c3[nH]c(C)cc3[C@H]3C(=O)N(c4ccc(F)cc4)C(=O)[C@H]3[C@H]2C1. The van der Waals surface area contributed by atoms with E-state index in [1.165, 1.54) is 41.3 Å². The molecule has 0 spiro atoms. The van der Waals surface area contributed by atoms with Gasteiger partial charge >= 0.3 is 0 Å². The number of nitrogens with one attached hydrogen (secondary N) is 1. The standard InChI is InChI=1S/C23H25FN2O2/c1-3-13-4-9-16-17(11-13)19-20(18-10-12(2)25-21(16)18)23(28)26(22(19)27)15-7-5-14(24)6-8-15/h5-8,10,13,16-17,19-20,25H,3-4,9,11H2,1-2H3/t13?,16-,17-,19-,20+/m0/s1. The summed E-state index contributed by atoms with van der Waals surface area (Å²) in [6.45, 7) is 4.22. The summed E-state index contributed by atoms with van der Waals surface area (Å²) in [6, 6.07) is 7.72. The van der Waals surface area contributed by atoms with Gasteiger partial charge in [-0.15, -0.1) is 0 Å². The van der Waals surface area contributed by atoms with Gasteiger partial charge in [0.1, 0.15) is 5.82 Å². The first kappa shape index (κ1) is 17.7. The van der Waals surface area contributed by atoms with Gasteiger partial charge in [0.25, 0.3) is 0 Å². The third-order valence-electron chi connectivity index (χ3n) is 7.20. The number of carbonyl (C=O) groups is 2. The molecule has 1 aromatic carbocycles. The van der Waals surface area contributed by atoms with E-state index in [4.69, 9.17) is 0 Å². The Bertz CT molecular complexity index is 948. The van der Waals surface area contributed by atoms with Gasteiger partial charge in [0.2, 0.25) is 11.8 Å². The van der Waals surface area contributed by atoms with Crippen LogP contribution in [0.4, 0.5) is 10.1 Å². The number of rotatable bonds is 2. The summed E-state index contributed by atoms with van der Waals surface area (Å²) < 4.78 is 13.4. The molecule has 5 rings (SSSR count). The first-order chi connectivity index (χ1) is 13.5. The monoisotopic (exact) mass is 380 g/mol. The number of aryl methyl sites for hydroxylation is 1. The van der Waals surface area contributed by atoms with Crippen molar-refractivity contribution in [2.24, 2.45) is 17.8 Å². The van der Waals surface area contributed by atoms with Crippen molar-refractivity contribution >= 4 is 17.5 Å². The maximum absolute atomic E-state index is 13.5. The van der Waals surface area contributed by atoms with Crippen LogP contribution in [0, 0.1) is 30.5 Å². The number of fused-ring (bicyclic) bond motifs is 6. The molecule has 2 heterocycles. The molecule has 0 bridgehead atoms. The third-order valence-corrected chi connectivity index (χ3v) is 7.20. The van der Waals surface area contributed by atoms with Crippen LogP contribution in [-0.4, -0.2) is 16.8 Å². The normalized spacial score (nSPS) is 31.5. The first-order valence-electron chi connectivity index (χ1n) is 10.3. The Balaban J connectivity index is 1.62. The summed E-state index contributed by atoms with van der Waals surface area (Å²) in [6.07, 6.45) is 4.35. The summed E-state index contributed by atoms with van der Waals surface area (Å²) in [5.74, 6) is -0.260. The van der Waals surface area contributed by atoms with E-state index in [1.54, 1.807) is 0 Å². The van der Waals surface area contributed by atoms with Crippen molar-refractivity contribution in [2.75, 3.05) is 4.90 Å². The molecule has 28 heavy (non-hydrogen) atoms. The average Bonchev–Trinajstić information content (AvgIpc) is 3.20. The lowest BCUT2D eigenvalue weighted by molar-refractivity contribution is -0.123. The van der Waals surface area contributed by atoms with Crippen LogP contribution in [0.1, 0.15) is 61.4 Å². The summed E-state index contributed by atoms with van der Waals surface area (Å²) in [5.41, 5.74) is 3.68. The van der Waals surface area contributed by atoms with E-state index >= 15 is 0 Å². The number of halogens is 1. The summed E-state index contributed by atoms with van der Waals surface area (Å²) in [4.78, 5) is 31.7. The molecule has 3 aliphatic rings. The summed E-state index contributed by atoms with van der Waals surface area (Å²) in [7, 11) is 0. The molecule has 1 N–H and O–H groups in total. The number of H-pyrrole nitrogens is 1. The highest BCUT2D eigenvalue weighted by Crippen LogP contribution is 2.57. The lowest BCUT2D eigenvalue weighted by atomic mass is 9.59. The molecule has 0 radical (unpaired) electrons. The van der Waals surface area contributed by atoms with E-state index in [-0.39, 0.29) is 29.5 Å². The number of aromatic amines is 1. The zero-order valence-corrected chi connectivity index (χ0v) is 16.2. The van der Waals surface area contributed by atoms with Crippen molar-refractivity contribution in [2.45, 2.75) is 51.4 Å². The number of hydrogen-bond donors (Lipinski definition) is 1. The number of imide groups is 1. The van der Waals surface area contributed by atoms with Crippen LogP contribution in [-0.2, 0) is 9.59 Å². The van der Waals surface area contributed by atoms with Gasteiger partial charge in [0.15, 0.2) is 0 Å². The van der Waals surface area contributed by atoms with Gasteiger partial charge in [-0.1, -0.05) is 13.3 Å². The maximum Gasteiger partial charge on any atom is 0.242 e. The number of aromatic nitrogens is 1. The van der Waals surface area contributed by atoms with E-state index in [0.717, 1.165) is 30.5 Å². The van der Waals surface area contributed by atoms with Crippen molar-refractivity contribution in [3.63, 3.8) is 0 Å². The molecule has 1 saturated heterocycles. The van der Waals surface area contributed by atoms with Gasteiger partial charge in [0.05, 0.1) is 17.5 Å². The fraction of sp³-hybridized carbons (Fsp3) is 0.478. The second kappa shape index (κ2) is 6.29. The van der Waals surface area contributed by atoms with Crippen LogP contribution < -0.4 is 4.90 Å². The molecule has 4 nitrogen and oxygen atoms in total. The van der Waals surface area contributed by atoms with Gasteiger partial charge in [0, 0.05) is 17.3 Å². The molecule has 2 aromatic rings. The molecule has 2 aliphatic carbocycles. The molecule has 1 aliphatic heterocycles. The van der Waals surface area contributed by atoms with Crippen LogP contribution in [0.25, 0.3) is 0 Å². The number of amides is 2. The van der Waals surface area contributed by atoms with Gasteiger partial charge < -0.3 is 4.98 Å².